The summed E-state index contributed by atoms with van der Waals surface area (Å²) in [5.41, 5.74) is 1.13. The van der Waals surface area contributed by atoms with Crippen molar-refractivity contribution in [3.63, 3.8) is 0 Å². The van der Waals surface area contributed by atoms with Crippen LogP contribution in [0.2, 0.25) is 0 Å². The van der Waals surface area contributed by atoms with Crippen LogP contribution >= 0.6 is 27.3 Å². The number of hydrogen-bond acceptors (Lipinski definition) is 2. The number of fused-ring (bicyclic) bond motifs is 1. The summed E-state index contributed by atoms with van der Waals surface area (Å²) in [6.45, 7) is 2.21. The first kappa shape index (κ1) is 12.8. The fourth-order valence-corrected chi connectivity index (χ4v) is 4.01. The van der Waals surface area contributed by atoms with Crippen LogP contribution in [-0.2, 0) is 0 Å². The molecule has 0 bridgehead atoms. The highest BCUT2D eigenvalue weighted by atomic mass is 79.9. The lowest BCUT2D eigenvalue weighted by molar-refractivity contribution is 0.733. The molecule has 3 aromatic rings. The number of hydrogen-bond donors (Lipinski definition) is 0. The summed E-state index contributed by atoms with van der Waals surface area (Å²) in [4.78, 5) is 6.12. The van der Waals surface area contributed by atoms with E-state index in [0.29, 0.717) is 10.7 Å². The zero-order chi connectivity index (χ0) is 13.2. The summed E-state index contributed by atoms with van der Waals surface area (Å²) in [7, 11) is 0. The molecule has 0 fully saturated rings. The van der Waals surface area contributed by atoms with E-state index in [-0.39, 0.29) is 0 Å². The van der Waals surface area contributed by atoms with E-state index in [9.17, 15) is 0 Å². The van der Waals surface area contributed by atoms with Gasteiger partial charge < -0.3 is 0 Å². The number of halogens is 1. The molecule has 0 aliphatic rings. The van der Waals surface area contributed by atoms with Gasteiger partial charge in [-0.3, -0.25) is 4.98 Å². The molecular formula is C16H14BrNS. The molecule has 0 aliphatic carbocycles. The van der Waals surface area contributed by atoms with Gasteiger partial charge in [0.2, 0.25) is 0 Å². The quantitative estimate of drug-likeness (QED) is 0.574. The molecule has 1 nitrogen and oxygen atoms in total. The predicted molar refractivity (Wildman–Crippen MR) is 86.1 cm³/mol. The number of rotatable bonds is 3. The molecule has 0 saturated carbocycles. The van der Waals surface area contributed by atoms with Crippen molar-refractivity contribution in [2.75, 3.05) is 0 Å². The molecule has 19 heavy (non-hydrogen) atoms. The normalized spacial score (nSPS) is 14.4. The van der Waals surface area contributed by atoms with Gasteiger partial charge in [-0.1, -0.05) is 47.1 Å². The van der Waals surface area contributed by atoms with E-state index < -0.39 is 0 Å². The zero-order valence-electron chi connectivity index (χ0n) is 10.6. The van der Waals surface area contributed by atoms with Crippen molar-refractivity contribution in [2.24, 2.45) is 0 Å². The Labute approximate surface area is 125 Å². The first-order valence-corrected chi connectivity index (χ1v) is 8.02. The Morgan fingerprint density at radius 2 is 1.89 bits per heavy atom. The Morgan fingerprint density at radius 1 is 1.11 bits per heavy atom. The minimum atomic E-state index is 0.305. The standard InChI is InChI=1S/C16H14BrNS/c1-11(13-7-4-5-9-18-13)16(17)15-10-12-6-2-3-8-14(12)19-15/h2-11,16H,1H3. The molecule has 3 heteroatoms. The van der Waals surface area contributed by atoms with E-state index in [1.807, 2.05) is 29.7 Å². The maximum absolute atomic E-state index is 4.45. The lowest BCUT2D eigenvalue weighted by Gasteiger charge is -2.16. The van der Waals surface area contributed by atoms with Crippen molar-refractivity contribution < 1.29 is 0 Å². The highest BCUT2D eigenvalue weighted by molar-refractivity contribution is 9.09. The van der Waals surface area contributed by atoms with Gasteiger partial charge in [0.25, 0.3) is 0 Å². The number of thiophene rings is 1. The molecule has 0 radical (unpaired) electrons. The lowest BCUT2D eigenvalue weighted by atomic mass is 10.0. The summed E-state index contributed by atoms with van der Waals surface area (Å²) in [6.07, 6.45) is 1.86. The van der Waals surface area contributed by atoms with Crippen LogP contribution in [0.1, 0.15) is 28.2 Å². The number of aromatic nitrogens is 1. The van der Waals surface area contributed by atoms with Gasteiger partial charge in [-0.2, -0.15) is 0 Å². The Balaban J connectivity index is 1.93. The van der Waals surface area contributed by atoms with E-state index in [2.05, 4.69) is 64.2 Å². The van der Waals surface area contributed by atoms with Crippen molar-refractivity contribution in [3.05, 3.63) is 65.3 Å². The highest BCUT2D eigenvalue weighted by Gasteiger charge is 2.20. The third kappa shape index (κ3) is 2.58. The average molecular weight is 332 g/mol. The van der Waals surface area contributed by atoms with E-state index in [4.69, 9.17) is 0 Å². The van der Waals surface area contributed by atoms with Crippen LogP contribution in [0.15, 0.2) is 54.7 Å². The Bertz CT molecular complexity index is 644. The molecule has 0 N–H and O–H groups in total. The topological polar surface area (TPSA) is 12.9 Å². The smallest absolute Gasteiger partial charge is 0.0570 e. The van der Waals surface area contributed by atoms with Gasteiger partial charge in [-0.15, -0.1) is 11.3 Å². The van der Waals surface area contributed by atoms with E-state index in [1.165, 1.54) is 15.0 Å². The van der Waals surface area contributed by atoms with Crippen molar-refractivity contribution in [3.8, 4) is 0 Å². The van der Waals surface area contributed by atoms with Gasteiger partial charge in [0, 0.05) is 27.4 Å². The Hall–Kier alpha value is -1.19. The molecular weight excluding hydrogens is 318 g/mol. The van der Waals surface area contributed by atoms with Gasteiger partial charge in [-0.05, 0) is 29.7 Å². The maximum Gasteiger partial charge on any atom is 0.0570 e. The van der Waals surface area contributed by atoms with Gasteiger partial charge in [0.15, 0.2) is 0 Å². The minimum absolute atomic E-state index is 0.305. The largest absolute Gasteiger partial charge is 0.261 e. The Kier molecular flexibility index (Phi) is 3.67. The van der Waals surface area contributed by atoms with E-state index in [0.717, 1.165) is 5.69 Å². The minimum Gasteiger partial charge on any atom is -0.261 e. The zero-order valence-corrected chi connectivity index (χ0v) is 13.0. The predicted octanol–water partition coefficient (Wildman–Crippen LogP) is 5.54. The monoisotopic (exact) mass is 331 g/mol. The van der Waals surface area contributed by atoms with Crippen LogP contribution in [0.4, 0.5) is 0 Å². The second kappa shape index (κ2) is 5.43. The van der Waals surface area contributed by atoms with Crippen LogP contribution in [0.3, 0.4) is 0 Å². The third-order valence-electron chi connectivity index (χ3n) is 3.31. The SMILES string of the molecule is CC(c1ccccn1)C(Br)c1cc2ccccc2s1. The van der Waals surface area contributed by atoms with Crippen LogP contribution < -0.4 is 0 Å². The molecule has 0 spiro atoms. The number of alkyl halides is 1. The summed E-state index contributed by atoms with van der Waals surface area (Å²) >= 11 is 5.69. The molecule has 96 valence electrons. The number of pyridine rings is 1. The fraction of sp³-hybridized carbons (Fsp3) is 0.188. The van der Waals surface area contributed by atoms with Gasteiger partial charge in [0.05, 0.1) is 4.83 Å². The number of benzene rings is 1. The second-order valence-electron chi connectivity index (χ2n) is 4.63. The molecule has 3 rings (SSSR count). The number of nitrogens with zero attached hydrogens (tertiary/aromatic N) is 1. The molecule has 0 saturated heterocycles. The summed E-state index contributed by atoms with van der Waals surface area (Å²) in [6, 6.07) is 16.9. The maximum atomic E-state index is 4.45. The molecule has 1 aromatic carbocycles. The van der Waals surface area contributed by atoms with Gasteiger partial charge in [0.1, 0.15) is 0 Å². The molecule has 2 unspecified atom stereocenters. The van der Waals surface area contributed by atoms with Crippen LogP contribution in [0.25, 0.3) is 10.1 Å². The first-order valence-electron chi connectivity index (χ1n) is 6.29. The highest BCUT2D eigenvalue weighted by Crippen LogP contribution is 2.41. The summed E-state index contributed by atoms with van der Waals surface area (Å²) < 4.78 is 1.34. The van der Waals surface area contributed by atoms with E-state index in [1.54, 1.807) is 0 Å². The molecule has 2 atom stereocenters. The third-order valence-corrected chi connectivity index (χ3v) is 6.10. The average Bonchev–Trinajstić information content (AvgIpc) is 2.90. The van der Waals surface area contributed by atoms with Crippen molar-refractivity contribution in [1.82, 2.24) is 4.98 Å². The second-order valence-corrected chi connectivity index (χ2v) is 6.73. The van der Waals surface area contributed by atoms with Crippen LogP contribution in [0, 0.1) is 0 Å². The molecule has 0 amide bonds. The van der Waals surface area contributed by atoms with Crippen LogP contribution in [0.5, 0.6) is 0 Å². The summed E-state index contributed by atoms with van der Waals surface area (Å²) in [5, 5.41) is 1.32. The van der Waals surface area contributed by atoms with E-state index >= 15 is 0 Å². The van der Waals surface area contributed by atoms with Crippen LogP contribution in [-0.4, -0.2) is 4.98 Å². The summed E-state index contributed by atoms with van der Waals surface area (Å²) in [5.74, 6) is 0.356. The van der Waals surface area contributed by atoms with Crippen molar-refractivity contribution >= 4 is 37.4 Å². The van der Waals surface area contributed by atoms with Gasteiger partial charge >= 0.3 is 0 Å². The molecule has 0 aliphatic heterocycles. The Morgan fingerprint density at radius 3 is 2.63 bits per heavy atom. The van der Waals surface area contributed by atoms with Crippen molar-refractivity contribution in [2.45, 2.75) is 17.7 Å². The molecule has 2 heterocycles. The van der Waals surface area contributed by atoms with Crippen molar-refractivity contribution in [1.29, 1.82) is 0 Å². The first-order chi connectivity index (χ1) is 9.25. The lowest BCUT2D eigenvalue weighted by Crippen LogP contribution is -2.02. The fourth-order valence-electron chi connectivity index (χ4n) is 2.18. The molecule has 2 aromatic heterocycles. The van der Waals surface area contributed by atoms with Gasteiger partial charge in [-0.25, -0.2) is 0 Å².